The van der Waals surface area contributed by atoms with Crippen molar-refractivity contribution >= 4 is 5.91 Å². The molecule has 1 unspecified atom stereocenters. The van der Waals surface area contributed by atoms with E-state index in [9.17, 15) is 4.79 Å². The molecule has 5 nitrogen and oxygen atoms in total. The van der Waals surface area contributed by atoms with Gasteiger partial charge in [0, 0.05) is 30.7 Å². The summed E-state index contributed by atoms with van der Waals surface area (Å²) in [6, 6.07) is 2.12. The zero-order valence-electron chi connectivity index (χ0n) is 13.1. The van der Waals surface area contributed by atoms with E-state index in [1.165, 1.54) is 18.5 Å². The van der Waals surface area contributed by atoms with Gasteiger partial charge in [0.2, 0.25) is 5.91 Å². The highest BCUT2D eigenvalue weighted by Gasteiger charge is 2.18. The lowest BCUT2D eigenvalue weighted by Gasteiger charge is -2.27. The Hall–Kier alpha value is -1.62. The van der Waals surface area contributed by atoms with Crippen LogP contribution in [0.15, 0.2) is 30.2 Å². The molecule has 1 aromatic rings. The smallest absolute Gasteiger partial charge is 0.240 e. The number of hydrogen-bond acceptors (Lipinski definition) is 3. The van der Waals surface area contributed by atoms with Crippen molar-refractivity contribution in [3.8, 4) is 0 Å². The minimum Gasteiger partial charge on any atom is -0.316 e. The van der Waals surface area contributed by atoms with Crippen LogP contribution in [0.2, 0.25) is 0 Å². The topological polar surface area (TPSA) is 50.2 Å². The zero-order valence-corrected chi connectivity index (χ0v) is 13.1. The second-order valence-corrected chi connectivity index (χ2v) is 5.59. The van der Waals surface area contributed by atoms with Crippen LogP contribution >= 0.6 is 0 Å². The Kier molecular flexibility index (Phi) is 5.99. The first-order valence-electron chi connectivity index (χ1n) is 7.91. The zero-order chi connectivity index (χ0) is 15.1. The molecule has 0 aromatic carbocycles. The first kappa shape index (κ1) is 15.8. The fraction of sp³-hybridized carbons (Fsp3) is 0.625. The first-order valence-corrected chi connectivity index (χ1v) is 7.91. The quantitative estimate of drug-likeness (QED) is 0.837. The lowest BCUT2D eigenvalue weighted by atomic mass is 10.0. The number of likely N-dealkylation sites (N-methyl/N-ethyl adjacent to an activating group) is 1. The van der Waals surface area contributed by atoms with Gasteiger partial charge in [0.25, 0.3) is 0 Å². The summed E-state index contributed by atoms with van der Waals surface area (Å²) in [5, 5.41) is 7.48. The van der Waals surface area contributed by atoms with Gasteiger partial charge in [-0.25, -0.2) is 0 Å². The van der Waals surface area contributed by atoms with Crippen molar-refractivity contribution in [2.24, 2.45) is 0 Å². The summed E-state index contributed by atoms with van der Waals surface area (Å²) in [6.45, 7) is 6.02. The van der Waals surface area contributed by atoms with Crippen molar-refractivity contribution in [3.05, 3.63) is 30.2 Å². The molecule has 1 amide bonds. The molecule has 2 rings (SSSR count). The van der Waals surface area contributed by atoms with Crippen LogP contribution in [-0.4, -0.2) is 39.7 Å². The predicted octanol–water partition coefficient (Wildman–Crippen LogP) is 2.17. The molecule has 0 aliphatic heterocycles. The van der Waals surface area contributed by atoms with Crippen LogP contribution in [0.25, 0.3) is 0 Å². The van der Waals surface area contributed by atoms with Crippen molar-refractivity contribution < 1.29 is 4.79 Å². The minimum absolute atomic E-state index is 0.165. The molecule has 21 heavy (non-hydrogen) atoms. The van der Waals surface area contributed by atoms with Crippen LogP contribution in [0, 0.1) is 0 Å². The van der Waals surface area contributed by atoms with Crippen LogP contribution in [0.1, 0.15) is 39.5 Å². The molecule has 1 heterocycles. The SMILES string of the molecule is CCN(C(=O)CNC(C)Cn1cccn1)C1=CCCCC1. The maximum Gasteiger partial charge on any atom is 0.240 e. The maximum absolute atomic E-state index is 12.4. The summed E-state index contributed by atoms with van der Waals surface area (Å²) in [5.74, 6) is 0.165. The van der Waals surface area contributed by atoms with E-state index in [1.807, 2.05) is 28.8 Å². The monoisotopic (exact) mass is 290 g/mol. The molecule has 1 atom stereocenters. The van der Waals surface area contributed by atoms with E-state index in [4.69, 9.17) is 0 Å². The van der Waals surface area contributed by atoms with Gasteiger partial charge in [-0.15, -0.1) is 0 Å². The average molecular weight is 290 g/mol. The molecule has 0 saturated carbocycles. The van der Waals surface area contributed by atoms with Gasteiger partial charge in [0.1, 0.15) is 0 Å². The van der Waals surface area contributed by atoms with Gasteiger partial charge in [-0.05, 0) is 45.6 Å². The van der Waals surface area contributed by atoms with Crippen LogP contribution in [0.5, 0.6) is 0 Å². The normalized spacial score (nSPS) is 16.4. The lowest BCUT2D eigenvalue weighted by molar-refractivity contribution is -0.128. The molecule has 0 bridgehead atoms. The third-order valence-corrected chi connectivity index (χ3v) is 3.85. The highest BCUT2D eigenvalue weighted by molar-refractivity contribution is 5.80. The molecular formula is C16H26N4O. The minimum atomic E-state index is 0.165. The van der Waals surface area contributed by atoms with E-state index >= 15 is 0 Å². The van der Waals surface area contributed by atoms with Gasteiger partial charge >= 0.3 is 0 Å². The van der Waals surface area contributed by atoms with Gasteiger partial charge in [-0.1, -0.05) is 6.08 Å². The van der Waals surface area contributed by atoms with E-state index in [2.05, 4.69) is 23.4 Å². The van der Waals surface area contributed by atoms with Crippen LogP contribution in [-0.2, 0) is 11.3 Å². The summed E-state index contributed by atoms with van der Waals surface area (Å²) in [5.41, 5.74) is 1.20. The number of nitrogens with zero attached hydrogens (tertiary/aromatic N) is 3. The van der Waals surface area contributed by atoms with E-state index in [1.54, 1.807) is 6.20 Å². The van der Waals surface area contributed by atoms with E-state index in [0.717, 1.165) is 25.9 Å². The molecule has 0 spiro atoms. The predicted molar refractivity (Wildman–Crippen MR) is 83.6 cm³/mol. The van der Waals surface area contributed by atoms with Crippen molar-refractivity contribution in [2.45, 2.75) is 52.1 Å². The fourth-order valence-corrected chi connectivity index (χ4v) is 2.72. The van der Waals surface area contributed by atoms with Crippen LogP contribution < -0.4 is 5.32 Å². The van der Waals surface area contributed by atoms with Crippen LogP contribution in [0.3, 0.4) is 0 Å². The van der Waals surface area contributed by atoms with Crippen molar-refractivity contribution in [1.29, 1.82) is 0 Å². The van der Waals surface area contributed by atoms with Gasteiger partial charge in [-0.2, -0.15) is 5.10 Å². The van der Waals surface area contributed by atoms with E-state index < -0.39 is 0 Å². The number of carbonyl (C=O) groups excluding carboxylic acids is 1. The summed E-state index contributed by atoms with van der Waals surface area (Å²) in [7, 11) is 0. The highest BCUT2D eigenvalue weighted by Crippen LogP contribution is 2.20. The van der Waals surface area contributed by atoms with E-state index in [-0.39, 0.29) is 11.9 Å². The van der Waals surface area contributed by atoms with Crippen molar-refractivity contribution in [3.63, 3.8) is 0 Å². The summed E-state index contributed by atoms with van der Waals surface area (Å²) >= 11 is 0. The summed E-state index contributed by atoms with van der Waals surface area (Å²) in [4.78, 5) is 14.3. The standard InChI is InChI=1S/C16H26N4O/c1-3-20(15-8-5-4-6-9-15)16(21)12-17-14(2)13-19-11-7-10-18-19/h7-8,10-11,14,17H,3-6,9,12-13H2,1-2H3. The molecule has 0 saturated heterocycles. The molecule has 0 fully saturated rings. The highest BCUT2D eigenvalue weighted by atomic mass is 16.2. The Morgan fingerprint density at radius 2 is 2.38 bits per heavy atom. The molecule has 1 aromatic heterocycles. The largest absolute Gasteiger partial charge is 0.316 e. The number of aromatic nitrogens is 2. The summed E-state index contributed by atoms with van der Waals surface area (Å²) < 4.78 is 1.88. The average Bonchev–Trinajstić information content (AvgIpc) is 3.00. The Morgan fingerprint density at radius 3 is 3.00 bits per heavy atom. The number of rotatable bonds is 7. The molecule has 116 valence electrons. The number of carbonyl (C=O) groups is 1. The molecular weight excluding hydrogens is 264 g/mol. The number of allylic oxidation sites excluding steroid dienone is 2. The van der Waals surface area contributed by atoms with Crippen LogP contribution in [0.4, 0.5) is 0 Å². The molecule has 1 aliphatic rings. The Morgan fingerprint density at radius 1 is 1.52 bits per heavy atom. The number of amides is 1. The molecule has 1 aliphatic carbocycles. The second-order valence-electron chi connectivity index (χ2n) is 5.59. The number of hydrogen-bond donors (Lipinski definition) is 1. The molecule has 5 heteroatoms. The van der Waals surface area contributed by atoms with Gasteiger partial charge < -0.3 is 10.2 Å². The van der Waals surface area contributed by atoms with Gasteiger partial charge in [0.05, 0.1) is 13.1 Å². The Balaban J connectivity index is 1.80. The van der Waals surface area contributed by atoms with Crippen molar-refractivity contribution in [2.75, 3.05) is 13.1 Å². The Labute approximate surface area is 127 Å². The van der Waals surface area contributed by atoms with Gasteiger partial charge in [0.15, 0.2) is 0 Å². The Bertz CT molecular complexity index is 467. The third-order valence-electron chi connectivity index (χ3n) is 3.85. The third kappa shape index (κ3) is 4.70. The van der Waals surface area contributed by atoms with Gasteiger partial charge in [-0.3, -0.25) is 9.48 Å². The summed E-state index contributed by atoms with van der Waals surface area (Å²) in [6.07, 6.45) is 10.5. The van der Waals surface area contributed by atoms with Crippen molar-refractivity contribution in [1.82, 2.24) is 20.0 Å². The first-order chi connectivity index (χ1) is 10.2. The second kappa shape index (κ2) is 7.98. The molecule has 0 radical (unpaired) electrons. The van der Waals surface area contributed by atoms with E-state index in [0.29, 0.717) is 6.54 Å². The maximum atomic E-state index is 12.4. The lowest BCUT2D eigenvalue weighted by Crippen LogP contribution is -2.42. The molecule has 1 N–H and O–H groups in total. The fourth-order valence-electron chi connectivity index (χ4n) is 2.72. The number of nitrogens with one attached hydrogen (secondary N) is 1.